The fourth-order valence-electron chi connectivity index (χ4n) is 1.71. The Morgan fingerprint density at radius 1 is 0.833 bits per heavy atom. The van der Waals surface area contributed by atoms with Crippen LogP contribution in [0.15, 0.2) is 12.1 Å². The predicted octanol–water partition coefficient (Wildman–Crippen LogP) is 5.66. The van der Waals surface area contributed by atoms with Crippen LogP contribution in [0.3, 0.4) is 0 Å². The highest BCUT2D eigenvalue weighted by Gasteiger charge is 2.16. The van der Waals surface area contributed by atoms with Crippen LogP contribution in [-0.4, -0.2) is 7.11 Å². The van der Waals surface area contributed by atoms with Gasteiger partial charge in [-0.1, -0.05) is 60.6 Å². The summed E-state index contributed by atoms with van der Waals surface area (Å²) in [5.41, 5.74) is 4.02. The van der Waals surface area contributed by atoms with Crippen LogP contribution < -0.4 is 4.74 Å². The fraction of sp³-hybridized carbons (Fsp3) is 0.647. The molecule has 0 bridgehead atoms. The van der Waals surface area contributed by atoms with E-state index < -0.39 is 0 Å². The first-order valence-electron chi connectivity index (χ1n) is 7.02. The Morgan fingerprint density at radius 3 is 1.39 bits per heavy atom. The molecule has 0 atom stereocenters. The van der Waals surface area contributed by atoms with E-state index in [9.17, 15) is 0 Å². The monoisotopic (exact) mass is 252 g/mol. The normalized spacial score (nSPS) is 9.67. The molecule has 1 rings (SSSR count). The van der Waals surface area contributed by atoms with Gasteiger partial charge in [-0.15, -0.1) is 0 Å². The highest BCUT2D eigenvalue weighted by molar-refractivity contribution is 5.45. The Labute approximate surface area is 115 Å². The van der Waals surface area contributed by atoms with Crippen molar-refractivity contribution in [2.75, 3.05) is 7.11 Å². The Morgan fingerprint density at radius 2 is 1.17 bits per heavy atom. The SMILES string of the molecule is CC.CC.COc1c(C)cc(C(C)(C)C)cc1C. The number of hydrogen-bond donors (Lipinski definition) is 0. The van der Waals surface area contributed by atoms with Gasteiger partial charge in [-0.2, -0.15) is 0 Å². The van der Waals surface area contributed by atoms with Crippen molar-refractivity contribution in [3.8, 4) is 5.75 Å². The molecule has 0 aliphatic rings. The van der Waals surface area contributed by atoms with E-state index in [2.05, 4.69) is 46.8 Å². The summed E-state index contributed by atoms with van der Waals surface area (Å²) in [7, 11) is 1.73. The summed E-state index contributed by atoms with van der Waals surface area (Å²) >= 11 is 0. The summed E-state index contributed by atoms with van der Waals surface area (Å²) in [4.78, 5) is 0. The van der Waals surface area contributed by atoms with Crippen LogP contribution in [-0.2, 0) is 5.41 Å². The lowest BCUT2D eigenvalue weighted by Gasteiger charge is -2.21. The van der Waals surface area contributed by atoms with Crippen LogP contribution in [0.2, 0.25) is 0 Å². The zero-order valence-corrected chi connectivity index (χ0v) is 14.1. The first-order chi connectivity index (χ1) is 8.36. The number of rotatable bonds is 1. The molecule has 0 saturated carbocycles. The lowest BCUT2D eigenvalue weighted by molar-refractivity contribution is 0.408. The molecule has 1 heteroatoms. The van der Waals surface area contributed by atoms with Gasteiger partial charge < -0.3 is 4.74 Å². The predicted molar refractivity (Wildman–Crippen MR) is 83.9 cm³/mol. The zero-order chi connectivity index (χ0) is 14.9. The van der Waals surface area contributed by atoms with E-state index in [1.807, 2.05) is 27.7 Å². The molecule has 18 heavy (non-hydrogen) atoms. The average Bonchev–Trinajstić information content (AvgIpc) is 2.32. The van der Waals surface area contributed by atoms with Gasteiger partial charge in [-0.25, -0.2) is 0 Å². The lowest BCUT2D eigenvalue weighted by Crippen LogP contribution is -2.12. The minimum atomic E-state index is 0.210. The van der Waals surface area contributed by atoms with Crippen molar-refractivity contribution in [2.24, 2.45) is 0 Å². The summed E-state index contributed by atoms with van der Waals surface area (Å²) in [5, 5.41) is 0. The standard InChI is InChI=1S/C13H20O.2C2H6/c1-9-7-11(13(3,4)5)8-10(2)12(9)14-6;2*1-2/h7-8H,1-6H3;2*1-2H3. The van der Waals surface area contributed by atoms with Gasteiger partial charge in [0, 0.05) is 0 Å². The molecular weight excluding hydrogens is 220 g/mol. The third-order valence-electron chi connectivity index (χ3n) is 2.53. The van der Waals surface area contributed by atoms with Crippen LogP contribution in [0.5, 0.6) is 5.75 Å². The van der Waals surface area contributed by atoms with Crippen LogP contribution in [0.25, 0.3) is 0 Å². The molecule has 0 aliphatic heterocycles. The molecule has 0 unspecified atom stereocenters. The van der Waals surface area contributed by atoms with E-state index in [1.165, 1.54) is 16.7 Å². The van der Waals surface area contributed by atoms with E-state index in [0.29, 0.717) is 0 Å². The third kappa shape index (κ3) is 5.57. The summed E-state index contributed by atoms with van der Waals surface area (Å²) in [6.45, 7) is 18.9. The highest BCUT2D eigenvalue weighted by atomic mass is 16.5. The highest BCUT2D eigenvalue weighted by Crippen LogP contribution is 2.30. The van der Waals surface area contributed by atoms with E-state index in [-0.39, 0.29) is 5.41 Å². The largest absolute Gasteiger partial charge is 0.496 e. The second-order valence-corrected chi connectivity index (χ2v) is 4.89. The van der Waals surface area contributed by atoms with Gasteiger partial charge in [0.2, 0.25) is 0 Å². The molecule has 0 amide bonds. The van der Waals surface area contributed by atoms with Gasteiger partial charge in [0.25, 0.3) is 0 Å². The Bertz CT molecular complexity index is 309. The maximum absolute atomic E-state index is 5.34. The van der Waals surface area contributed by atoms with E-state index in [1.54, 1.807) is 7.11 Å². The molecule has 0 spiro atoms. The molecule has 106 valence electrons. The van der Waals surface area contributed by atoms with Gasteiger partial charge in [0.05, 0.1) is 7.11 Å². The van der Waals surface area contributed by atoms with Crippen LogP contribution >= 0.6 is 0 Å². The molecule has 0 saturated heterocycles. The van der Waals surface area contributed by atoms with Crippen molar-refractivity contribution in [2.45, 2.75) is 67.7 Å². The van der Waals surface area contributed by atoms with Gasteiger partial charge in [0.15, 0.2) is 0 Å². The maximum Gasteiger partial charge on any atom is 0.124 e. The molecule has 0 aliphatic carbocycles. The Hall–Kier alpha value is -0.980. The first kappa shape index (κ1) is 19.4. The van der Waals surface area contributed by atoms with Crippen LogP contribution in [0.4, 0.5) is 0 Å². The second-order valence-electron chi connectivity index (χ2n) is 4.89. The average molecular weight is 252 g/mol. The minimum absolute atomic E-state index is 0.210. The van der Waals surface area contributed by atoms with E-state index in [4.69, 9.17) is 4.74 Å². The molecule has 1 nitrogen and oxygen atoms in total. The molecule has 1 aromatic rings. The van der Waals surface area contributed by atoms with Crippen LogP contribution in [0, 0.1) is 13.8 Å². The fourth-order valence-corrected chi connectivity index (χ4v) is 1.71. The smallest absolute Gasteiger partial charge is 0.124 e. The van der Waals surface area contributed by atoms with Crippen molar-refractivity contribution in [1.29, 1.82) is 0 Å². The van der Waals surface area contributed by atoms with Gasteiger partial charge >= 0.3 is 0 Å². The molecular formula is C17H32O. The maximum atomic E-state index is 5.34. The van der Waals surface area contributed by atoms with Crippen molar-refractivity contribution < 1.29 is 4.74 Å². The summed E-state index contributed by atoms with van der Waals surface area (Å²) in [6, 6.07) is 4.43. The Kier molecular flexibility index (Phi) is 9.70. The Balaban J connectivity index is 0. The van der Waals surface area contributed by atoms with E-state index in [0.717, 1.165) is 5.75 Å². The minimum Gasteiger partial charge on any atom is -0.496 e. The molecule has 0 aromatic heterocycles. The number of hydrogen-bond acceptors (Lipinski definition) is 1. The van der Waals surface area contributed by atoms with E-state index >= 15 is 0 Å². The zero-order valence-electron chi connectivity index (χ0n) is 14.1. The molecule has 1 aromatic carbocycles. The molecule has 0 N–H and O–H groups in total. The van der Waals surface area contributed by atoms with Crippen molar-refractivity contribution in [1.82, 2.24) is 0 Å². The summed E-state index contributed by atoms with van der Waals surface area (Å²) in [5.74, 6) is 1.01. The van der Waals surface area contributed by atoms with Crippen molar-refractivity contribution in [3.05, 3.63) is 28.8 Å². The topological polar surface area (TPSA) is 9.23 Å². The summed E-state index contributed by atoms with van der Waals surface area (Å²) < 4.78 is 5.34. The number of benzene rings is 1. The number of aryl methyl sites for hydroxylation is 2. The van der Waals surface area contributed by atoms with Gasteiger partial charge in [0.1, 0.15) is 5.75 Å². The number of methoxy groups -OCH3 is 1. The van der Waals surface area contributed by atoms with Crippen molar-refractivity contribution in [3.63, 3.8) is 0 Å². The lowest BCUT2D eigenvalue weighted by atomic mass is 9.85. The number of ether oxygens (including phenoxy) is 1. The summed E-state index contributed by atoms with van der Waals surface area (Å²) in [6.07, 6.45) is 0. The quantitative estimate of drug-likeness (QED) is 0.626. The van der Waals surface area contributed by atoms with Crippen molar-refractivity contribution >= 4 is 0 Å². The van der Waals surface area contributed by atoms with Gasteiger partial charge in [-0.3, -0.25) is 0 Å². The molecule has 0 heterocycles. The first-order valence-corrected chi connectivity index (χ1v) is 7.02. The molecule has 0 fully saturated rings. The third-order valence-corrected chi connectivity index (χ3v) is 2.53. The van der Waals surface area contributed by atoms with Crippen LogP contribution in [0.1, 0.15) is 65.2 Å². The second kappa shape index (κ2) is 9.02. The van der Waals surface area contributed by atoms with Gasteiger partial charge in [-0.05, 0) is 36.0 Å². The molecule has 0 radical (unpaired) electrons.